The first-order valence-corrected chi connectivity index (χ1v) is 13.3. The minimum Gasteiger partial charge on any atom is -0.341 e. The number of thioether (sulfide) groups is 1. The van der Waals surface area contributed by atoms with Gasteiger partial charge in [0.2, 0.25) is 5.91 Å². The summed E-state index contributed by atoms with van der Waals surface area (Å²) < 4.78 is 24.3. The number of amidine groups is 1. The molecule has 0 unspecified atom stereocenters. The van der Waals surface area contributed by atoms with Gasteiger partial charge in [0.05, 0.1) is 29.3 Å². The van der Waals surface area contributed by atoms with Gasteiger partial charge in [-0.05, 0) is 35.7 Å². The number of hydrogen-bond donors (Lipinski definition) is 1. The molecule has 2 aliphatic rings. The van der Waals surface area contributed by atoms with Crippen molar-refractivity contribution in [2.45, 2.75) is 32.0 Å². The quantitative estimate of drug-likeness (QED) is 0.687. The highest BCUT2D eigenvalue weighted by molar-refractivity contribution is 8.14. The second-order valence-electron chi connectivity index (χ2n) is 7.73. The van der Waals surface area contributed by atoms with Crippen molar-refractivity contribution >= 4 is 50.0 Å². The molecule has 0 bridgehead atoms. The van der Waals surface area contributed by atoms with Crippen LogP contribution in [0.15, 0.2) is 53.5 Å². The fourth-order valence-electron chi connectivity index (χ4n) is 3.95. The average Bonchev–Trinajstić information content (AvgIpc) is 3.20. The normalized spacial score (nSPS) is 21.6. The van der Waals surface area contributed by atoms with Gasteiger partial charge in [0.1, 0.15) is 0 Å². The maximum absolute atomic E-state index is 12.6. The number of rotatable bonds is 6. The Morgan fingerprint density at radius 2 is 1.94 bits per heavy atom. The van der Waals surface area contributed by atoms with Gasteiger partial charge in [-0.1, -0.05) is 60.6 Å². The summed E-state index contributed by atoms with van der Waals surface area (Å²) in [4.78, 5) is 19.3. The minimum atomic E-state index is -3.10. The number of aliphatic imine (C=N–C) groups is 1. The van der Waals surface area contributed by atoms with Crippen molar-refractivity contribution in [1.29, 1.82) is 0 Å². The largest absolute Gasteiger partial charge is 0.341 e. The molecule has 0 spiro atoms. The highest BCUT2D eigenvalue weighted by atomic mass is 35.5. The maximum atomic E-state index is 12.6. The Bertz CT molecular complexity index is 1100. The number of amides is 1. The number of hydrogen-bond acceptors (Lipinski definition) is 6. The predicted molar refractivity (Wildman–Crippen MR) is 128 cm³/mol. The van der Waals surface area contributed by atoms with Gasteiger partial charge in [0, 0.05) is 17.3 Å². The predicted octanol–water partition coefficient (Wildman–Crippen LogP) is 3.61. The van der Waals surface area contributed by atoms with Crippen LogP contribution in [0.25, 0.3) is 0 Å². The van der Waals surface area contributed by atoms with Crippen LogP contribution in [0, 0.1) is 0 Å². The van der Waals surface area contributed by atoms with Crippen molar-refractivity contribution in [3.8, 4) is 0 Å². The number of nitrogens with one attached hydrogen (secondary N) is 1. The molecular weight excluding hydrogens is 454 g/mol. The van der Waals surface area contributed by atoms with Gasteiger partial charge in [0.15, 0.2) is 15.0 Å². The van der Waals surface area contributed by atoms with E-state index < -0.39 is 9.84 Å². The summed E-state index contributed by atoms with van der Waals surface area (Å²) in [5.41, 5.74) is 2.93. The van der Waals surface area contributed by atoms with Crippen LogP contribution in [0.1, 0.15) is 18.1 Å². The number of carbonyl (C=O) groups excluding carboxylic acids is 1. The monoisotopic (exact) mass is 477 g/mol. The number of fused-ring (bicyclic) bond motifs is 1. The third kappa shape index (κ3) is 5.25. The van der Waals surface area contributed by atoms with E-state index in [4.69, 9.17) is 11.6 Å². The van der Waals surface area contributed by atoms with Crippen LogP contribution in [0.4, 0.5) is 5.69 Å². The van der Waals surface area contributed by atoms with Crippen LogP contribution in [-0.4, -0.2) is 53.7 Å². The van der Waals surface area contributed by atoms with Gasteiger partial charge < -0.3 is 10.2 Å². The molecule has 1 amide bonds. The first-order chi connectivity index (χ1) is 14.8. The van der Waals surface area contributed by atoms with Crippen molar-refractivity contribution in [1.82, 2.24) is 4.90 Å². The number of aryl methyl sites for hydroxylation is 1. The number of benzene rings is 2. The zero-order valence-corrected chi connectivity index (χ0v) is 19.5. The van der Waals surface area contributed by atoms with Crippen LogP contribution in [0.3, 0.4) is 0 Å². The Labute approximate surface area is 192 Å². The summed E-state index contributed by atoms with van der Waals surface area (Å²) in [6, 6.07) is 14.8. The fourth-order valence-corrected chi connectivity index (χ4v) is 6.86. The Balaban J connectivity index is 1.46. The summed E-state index contributed by atoms with van der Waals surface area (Å²) in [5.74, 6) is 0.258. The molecule has 2 aliphatic heterocycles. The third-order valence-corrected chi connectivity index (χ3v) is 8.44. The third-order valence-electron chi connectivity index (χ3n) is 5.49. The van der Waals surface area contributed by atoms with Crippen molar-refractivity contribution in [2.24, 2.45) is 4.99 Å². The zero-order valence-electron chi connectivity index (χ0n) is 17.1. The van der Waals surface area contributed by atoms with Gasteiger partial charge in [-0.25, -0.2) is 8.42 Å². The average molecular weight is 478 g/mol. The zero-order chi connectivity index (χ0) is 22.0. The lowest BCUT2D eigenvalue weighted by molar-refractivity contribution is -0.113. The molecule has 0 saturated carbocycles. The smallest absolute Gasteiger partial charge is 0.234 e. The molecule has 6 nitrogen and oxygen atoms in total. The molecule has 2 aromatic rings. The Morgan fingerprint density at radius 3 is 2.68 bits per heavy atom. The highest BCUT2D eigenvalue weighted by Crippen LogP contribution is 2.32. The highest BCUT2D eigenvalue weighted by Gasteiger charge is 2.46. The lowest BCUT2D eigenvalue weighted by Crippen LogP contribution is -2.38. The van der Waals surface area contributed by atoms with E-state index in [0.29, 0.717) is 11.6 Å². The molecule has 0 aliphatic carbocycles. The molecular formula is C22H24ClN3O3S2. The summed E-state index contributed by atoms with van der Waals surface area (Å²) in [6.45, 7) is 2.58. The van der Waals surface area contributed by atoms with E-state index in [9.17, 15) is 13.2 Å². The molecule has 2 atom stereocenters. The van der Waals surface area contributed by atoms with E-state index in [1.807, 2.05) is 53.4 Å². The summed E-state index contributed by atoms with van der Waals surface area (Å²) in [6.07, 6.45) is 0.836. The first-order valence-electron chi connectivity index (χ1n) is 10.1. The molecule has 164 valence electrons. The first kappa shape index (κ1) is 22.2. The van der Waals surface area contributed by atoms with Crippen molar-refractivity contribution in [2.75, 3.05) is 22.6 Å². The molecule has 4 rings (SSSR count). The van der Waals surface area contributed by atoms with Crippen LogP contribution >= 0.6 is 23.4 Å². The van der Waals surface area contributed by atoms with E-state index in [2.05, 4.69) is 17.2 Å². The number of para-hydroxylation sites is 1. The molecule has 1 fully saturated rings. The minimum absolute atomic E-state index is 0.0644. The van der Waals surface area contributed by atoms with Crippen LogP contribution in [0.5, 0.6) is 0 Å². The second kappa shape index (κ2) is 9.22. The van der Waals surface area contributed by atoms with Gasteiger partial charge in [-0.2, -0.15) is 0 Å². The molecule has 9 heteroatoms. The number of nitrogens with zero attached hydrogens (tertiary/aromatic N) is 2. The van der Waals surface area contributed by atoms with Crippen molar-refractivity contribution < 1.29 is 13.2 Å². The lowest BCUT2D eigenvalue weighted by Gasteiger charge is -2.26. The van der Waals surface area contributed by atoms with E-state index in [1.165, 1.54) is 11.8 Å². The topological polar surface area (TPSA) is 78.8 Å². The van der Waals surface area contributed by atoms with E-state index in [1.54, 1.807) is 0 Å². The Kier molecular flexibility index (Phi) is 6.60. The van der Waals surface area contributed by atoms with Gasteiger partial charge >= 0.3 is 0 Å². The molecule has 2 heterocycles. The molecule has 0 aromatic heterocycles. The Morgan fingerprint density at radius 1 is 1.19 bits per heavy atom. The summed E-state index contributed by atoms with van der Waals surface area (Å²) in [5, 5.41) is 4.35. The second-order valence-corrected chi connectivity index (χ2v) is 11.3. The SMILES string of the molecule is CCc1ccccc1NC(=O)CSC1=N[C@@H]2CS(=O)(=O)C[C@H]2N1Cc1ccc(Cl)cc1. The standard InChI is InChI=1S/C22H24ClN3O3S2/c1-2-16-5-3-4-6-18(16)24-21(27)12-30-22-25-19-13-31(28,29)14-20(19)26(22)11-15-7-9-17(23)10-8-15/h3-10,19-20H,2,11-14H2,1H3,(H,24,27)/t19-,20-/m1/s1. The summed E-state index contributed by atoms with van der Waals surface area (Å²) >= 11 is 7.35. The van der Waals surface area contributed by atoms with Crippen molar-refractivity contribution in [3.63, 3.8) is 0 Å². The molecule has 31 heavy (non-hydrogen) atoms. The van der Waals surface area contributed by atoms with Gasteiger partial charge in [0.25, 0.3) is 0 Å². The van der Waals surface area contributed by atoms with Gasteiger partial charge in [-0.3, -0.25) is 9.79 Å². The fraction of sp³-hybridized carbons (Fsp3) is 0.364. The molecule has 0 radical (unpaired) electrons. The molecule has 1 N–H and O–H groups in total. The molecule has 1 saturated heterocycles. The van der Waals surface area contributed by atoms with Crippen LogP contribution in [-0.2, 0) is 27.6 Å². The van der Waals surface area contributed by atoms with Crippen LogP contribution in [0.2, 0.25) is 5.02 Å². The van der Waals surface area contributed by atoms with E-state index in [0.717, 1.165) is 28.4 Å². The number of carbonyl (C=O) groups is 1. The van der Waals surface area contributed by atoms with Crippen molar-refractivity contribution in [3.05, 3.63) is 64.7 Å². The summed E-state index contributed by atoms with van der Waals surface area (Å²) in [7, 11) is -3.10. The maximum Gasteiger partial charge on any atom is 0.234 e. The number of sulfone groups is 1. The number of halogens is 1. The van der Waals surface area contributed by atoms with E-state index in [-0.39, 0.29) is 35.2 Å². The van der Waals surface area contributed by atoms with Gasteiger partial charge in [-0.15, -0.1) is 0 Å². The molecule has 2 aromatic carbocycles. The number of anilines is 1. The van der Waals surface area contributed by atoms with Crippen LogP contribution < -0.4 is 5.32 Å². The Hall–Kier alpha value is -2.03. The lowest BCUT2D eigenvalue weighted by atomic mass is 10.1. The van der Waals surface area contributed by atoms with E-state index >= 15 is 0 Å².